The predicted molar refractivity (Wildman–Crippen MR) is 87.3 cm³/mol. The summed E-state index contributed by atoms with van der Waals surface area (Å²) in [6.45, 7) is 0.620. The van der Waals surface area contributed by atoms with Crippen LogP contribution in [0.4, 0.5) is 9.18 Å². The van der Waals surface area contributed by atoms with Crippen LogP contribution in [0.5, 0.6) is 5.75 Å². The number of benzene rings is 1. The van der Waals surface area contributed by atoms with Gasteiger partial charge in [0, 0.05) is 24.4 Å². The third-order valence-corrected chi connectivity index (χ3v) is 4.13. The molecule has 7 heteroatoms. The van der Waals surface area contributed by atoms with Gasteiger partial charge in [-0.1, -0.05) is 6.07 Å². The van der Waals surface area contributed by atoms with E-state index in [-0.39, 0.29) is 24.5 Å². The fourth-order valence-electron chi connectivity index (χ4n) is 2.96. The van der Waals surface area contributed by atoms with Gasteiger partial charge in [0.05, 0.1) is 18.8 Å². The molecular weight excluding hydrogens is 311 g/mol. The molecule has 1 aromatic carbocycles. The van der Waals surface area contributed by atoms with Crippen LogP contribution in [-0.4, -0.2) is 29.0 Å². The number of halogens is 1. The zero-order valence-corrected chi connectivity index (χ0v) is 13.6. The van der Waals surface area contributed by atoms with Crippen molar-refractivity contribution in [2.45, 2.75) is 25.3 Å². The third kappa shape index (κ3) is 3.84. The van der Waals surface area contributed by atoms with Crippen molar-refractivity contribution < 1.29 is 13.9 Å². The van der Waals surface area contributed by atoms with Crippen LogP contribution in [0.15, 0.2) is 30.5 Å². The molecular formula is C17H21FN4O2. The standard InChI is InChI=1S/C17H21FN4O2/c1-22-16-7-3-6-15(14(16)11-20-22)21-17(23)19-8-9-24-13-5-2-4-12(18)10-13/h2,4-5,10-11,15H,3,6-9H2,1H3,(H2,19,21,23)/t15-/m0/s1. The quantitative estimate of drug-likeness (QED) is 0.826. The molecule has 0 aliphatic heterocycles. The van der Waals surface area contributed by atoms with E-state index in [1.165, 1.54) is 17.8 Å². The van der Waals surface area contributed by atoms with Crippen molar-refractivity contribution in [3.63, 3.8) is 0 Å². The highest BCUT2D eigenvalue weighted by molar-refractivity contribution is 5.74. The van der Waals surface area contributed by atoms with Gasteiger partial charge >= 0.3 is 6.03 Å². The van der Waals surface area contributed by atoms with Crippen molar-refractivity contribution in [3.8, 4) is 5.75 Å². The molecule has 1 heterocycles. The Morgan fingerprint density at radius 3 is 3.21 bits per heavy atom. The van der Waals surface area contributed by atoms with Crippen molar-refractivity contribution in [1.29, 1.82) is 0 Å². The molecule has 1 aliphatic rings. The second kappa shape index (κ2) is 7.33. The van der Waals surface area contributed by atoms with Crippen LogP contribution < -0.4 is 15.4 Å². The Morgan fingerprint density at radius 2 is 2.38 bits per heavy atom. The molecule has 0 fully saturated rings. The Bertz CT molecular complexity index is 716. The summed E-state index contributed by atoms with van der Waals surface area (Å²) in [4.78, 5) is 12.0. The minimum atomic E-state index is -0.345. The average Bonchev–Trinajstić information content (AvgIpc) is 2.94. The summed E-state index contributed by atoms with van der Waals surface area (Å²) in [6, 6.07) is 5.68. The number of ether oxygens (including phenoxy) is 1. The lowest BCUT2D eigenvalue weighted by atomic mass is 9.93. The van der Waals surface area contributed by atoms with Gasteiger partial charge in [-0.15, -0.1) is 0 Å². The molecule has 2 aromatic rings. The molecule has 0 bridgehead atoms. The van der Waals surface area contributed by atoms with E-state index in [1.807, 2.05) is 17.9 Å². The van der Waals surface area contributed by atoms with Gasteiger partial charge in [0.1, 0.15) is 18.2 Å². The number of nitrogens with one attached hydrogen (secondary N) is 2. The molecule has 0 radical (unpaired) electrons. The van der Waals surface area contributed by atoms with Crippen LogP contribution in [0.2, 0.25) is 0 Å². The minimum absolute atomic E-state index is 0.00779. The Balaban J connectivity index is 1.43. The molecule has 0 saturated heterocycles. The van der Waals surface area contributed by atoms with E-state index in [1.54, 1.807) is 12.1 Å². The van der Waals surface area contributed by atoms with Gasteiger partial charge in [-0.2, -0.15) is 5.10 Å². The largest absolute Gasteiger partial charge is 0.492 e. The van der Waals surface area contributed by atoms with Crippen LogP contribution in [0.3, 0.4) is 0 Å². The zero-order chi connectivity index (χ0) is 16.9. The molecule has 1 atom stereocenters. The second-order valence-corrected chi connectivity index (χ2v) is 5.82. The first-order valence-electron chi connectivity index (χ1n) is 8.07. The van der Waals surface area contributed by atoms with E-state index in [4.69, 9.17) is 4.74 Å². The highest BCUT2D eigenvalue weighted by Gasteiger charge is 2.24. The van der Waals surface area contributed by atoms with E-state index in [2.05, 4.69) is 15.7 Å². The molecule has 2 amide bonds. The average molecular weight is 332 g/mol. The molecule has 2 N–H and O–H groups in total. The number of nitrogens with zero attached hydrogens (tertiary/aromatic N) is 2. The lowest BCUT2D eigenvalue weighted by Crippen LogP contribution is -2.40. The van der Waals surface area contributed by atoms with Crippen LogP contribution in [0, 0.1) is 5.82 Å². The summed E-state index contributed by atoms with van der Waals surface area (Å²) in [5, 5.41) is 10.00. The number of hydrogen-bond donors (Lipinski definition) is 2. The van der Waals surface area contributed by atoms with E-state index in [0.29, 0.717) is 12.3 Å². The number of fused-ring (bicyclic) bond motifs is 1. The highest BCUT2D eigenvalue weighted by atomic mass is 19.1. The van der Waals surface area contributed by atoms with Crippen LogP contribution in [0.25, 0.3) is 0 Å². The molecule has 0 spiro atoms. The van der Waals surface area contributed by atoms with E-state index < -0.39 is 0 Å². The smallest absolute Gasteiger partial charge is 0.315 e. The minimum Gasteiger partial charge on any atom is -0.492 e. The van der Waals surface area contributed by atoms with Crippen molar-refractivity contribution in [3.05, 3.63) is 47.5 Å². The number of carbonyl (C=O) groups is 1. The number of aromatic nitrogens is 2. The summed E-state index contributed by atoms with van der Waals surface area (Å²) in [7, 11) is 1.92. The SMILES string of the molecule is Cn1ncc2c1CCC[C@@H]2NC(=O)NCCOc1cccc(F)c1. The fraction of sp³-hybridized carbons (Fsp3) is 0.412. The van der Waals surface area contributed by atoms with Gasteiger partial charge < -0.3 is 15.4 Å². The molecule has 0 saturated carbocycles. The summed E-state index contributed by atoms with van der Waals surface area (Å²) < 4.78 is 20.3. The molecule has 24 heavy (non-hydrogen) atoms. The summed E-state index contributed by atoms with van der Waals surface area (Å²) in [5.74, 6) is 0.104. The number of carbonyl (C=O) groups excluding carboxylic acids is 1. The lowest BCUT2D eigenvalue weighted by Gasteiger charge is -2.23. The van der Waals surface area contributed by atoms with Gasteiger partial charge in [0.15, 0.2) is 0 Å². The molecule has 1 aromatic heterocycles. The summed E-state index contributed by atoms with van der Waals surface area (Å²) >= 11 is 0. The number of aryl methyl sites for hydroxylation is 1. The Hall–Kier alpha value is -2.57. The number of amides is 2. The number of hydrogen-bond acceptors (Lipinski definition) is 3. The van der Waals surface area contributed by atoms with Crippen LogP contribution in [0.1, 0.15) is 30.1 Å². The number of urea groups is 1. The Labute approximate surface area is 140 Å². The van der Waals surface area contributed by atoms with E-state index in [9.17, 15) is 9.18 Å². The molecule has 3 rings (SSSR count). The highest BCUT2D eigenvalue weighted by Crippen LogP contribution is 2.28. The maximum Gasteiger partial charge on any atom is 0.315 e. The number of rotatable bonds is 5. The fourth-order valence-corrected chi connectivity index (χ4v) is 2.96. The van der Waals surface area contributed by atoms with Gasteiger partial charge in [0.2, 0.25) is 0 Å². The van der Waals surface area contributed by atoms with Crippen molar-refractivity contribution >= 4 is 6.03 Å². The van der Waals surface area contributed by atoms with Gasteiger partial charge in [0.25, 0.3) is 0 Å². The topological polar surface area (TPSA) is 68.2 Å². The first-order valence-corrected chi connectivity index (χ1v) is 8.07. The van der Waals surface area contributed by atoms with E-state index in [0.717, 1.165) is 24.8 Å². The van der Waals surface area contributed by atoms with Gasteiger partial charge in [-0.05, 0) is 31.4 Å². The van der Waals surface area contributed by atoms with Crippen LogP contribution >= 0.6 is 0 Å². The molecule has 6 nitrogen and oxygen atoms in total. The van der Waals surface area contributed by atoms with Gasteiger partial charge in [-0.3, -0.25) is 4.68 Å². The second-order valence-electron chi connectivity index (χ2n) is 5.82. The maximum atomic E-state index is 13.0. The molecule has 0 unspecified atom stereocenters. The van der Waals surface area contributed by atoms with Crippen LogP contribution in [-0.2, 0) is 13.5 Å². The molecule has 128 valence electrons. The maximum absolute atomic E-state index is 13.0. The predicted octanol–water partition coefficient (Wildman–Crippen LogP) is 2.31. The zero-order valence-electron chi connectivity index (χ0n) is 13.6. The summed E-state index contributed by atoms with van der Waals surface area (Å²) in [5.41, 5.74) is 2.27. The first-order chi connectivity index (χ1) is 11.6. The van der Waals surface area contributed by atoms with Crippen molar-refractivity contribution in [2.75, 3.05) is 13.2 Å². The Kier molecular flexibility index (Phi) is 4.98. The van der Waals surface area contributed by atoms with Gasteiger partial charge in [-0.25, -0.2) is 9.18 Å². The lowest BCUT2D eigenvalue weighted by molar-refractivity contribution is 0.231. The normalized spacial score (nSPS) is 16.3. The van der Waals surface area contributed by atoms with Crippen molar-refractivity contribution in [2.24, 2.45) is 7.05 Å². The summed E-state index contributed by atoms with van der Waals surface area (Å²) in [6.07, 6.45) is 4.76. The Morgan fingerprint density at radius 1 is 1.50 bits per heavy atom. The monoisotopic (exact) mass is 332 g/mol. The van der Waals surface area contributed by atoms with E-state index >= 15 is 0 Å². The first kappa shape index (κ1) is 16.3. The van der Waals surface area contributed by atoms with Crippen molar-refractivity contribution in [1.82, 2.24) is 20.4 Å². The third-order valence-electron chi connectivity index (χ3n) is 4.13. The molecule has 1 aliphatic carbocycles.